The maximum atomic E-state index is 12.3. The van der Waals surface area contributed by atoms with Crippen LogP contribution in [-0.2, 0) is 22.6 Å². The highest BCUT2D eigenvalue weighted by molar-refractivity contribution is 7.99. The van der Waals surface area contributed by atoms with Gasteiger partial charge in [0.05, 0.1) is 29.0 Å². The molecule has 1 amide bonds. The molecule has 9 heteroatoms. The van der Waals surface area contributed by atoms with Crippen molar-refractivity contribution in [2.24, 2.45) is 0 Å². The van der Waals surface area contributed by atoms with Crippen LogP contribution in [0, 0.1) is 0 Å². The van der Waals surface area contributed by atoms with Crippen molar-refractivity contribution < 1.29 is 14.3 Å². The Kier molecular flexibility index (Phi) is 7.64. The number of halogens is 2. The molecule has 0 aliphatic heterocycles. The fourth-order valence-electron chi connectivity index (χ4n) is 2.90. The van der Waals surface area contributed by atoms with Crippen LogP contribution in [0.5, 0.6) is 0 Å². The first-order valence-electron chi connectivity index (χ1n) is 9.43. The second-order valence-corrected chi connectivity index (χ2v) is 8.15. The summed E-state index contributed by atoms with van der Waals surface area (Å²) in [5.74, 6) is -0.299. The first-order valence-corrected chi connectivity index (χ1v) is 11.2. The van der Waals surface area contributed by atoms with Crippen LogP contribution in [0.15, 0.2) is 41.6 Å². The number of ether oxygens (including phenoxy) is 1. The summed E-state index contributed by atoms with van der Waals surface area (Å²) in [5.41, 5.74) is 2.85. The summed E-state index contributed by atoms with van der Waals surface area (Å²) in [4.78, 5) is 28.9. The normalized spacial score (nSPS) is 10.9. The van der Waals surface area contributed by atoms with Crippen LogP contribution in [0.3, 0.4) is 0 Å². The zero-order valence-corrected chi connectivity index (χ0v) is 18.9. The van der Waals surface area contributed by atoms with E-state index in [0.717, 1.165) is 11.1 Å². The Morgan fingerprint density at radius 3 is 2.67 bits per heavy atom. The van der Waals surface area contributed by atoms with E-state index in [-0.39, 0.29) is 17.6 Å². The molecule has 0 aliphatic rings. The van der Waals surface area contributed by atoms with Gasteiger partial charge in [0.2, 0.25) is 5.91 Å². The van der Waals surface area contributed by atoms with Crippen LogP contribution in [0.2, 0.25) is 10.0 Å². The lowest BCUT2D eigenvalue weighted by molar-refractivity contribution is -0.118. The van der Waals surface area contributed by atoms with Crippen molar-refractivity contribution in [3.8, 4) is 0 Å². The van der Waals surface area contributed by atoms with E-state index in [1.807, 2.05) is 17.6 Å². The molecule has 0 fully saturated rings. The Labute approximate surface area is 188 Å². The summed E-state index contributed by atoms with van der Waals surface area (Å²) in [7, 11) is 0. The molecule has 2 aromatic carbocycles. The molecule has 1 N–H and O–H groups in total. The quantitative estimate of drug-likeness (QED) is 0.376. The van der Waals surface area contributed by atoms with Gasteiger partial charge in [0, 0.05) is 23.1 Å². The summed E-state index contributed by atoms with van der Waals surface area (Å²) >= 11 is 13.4. The number of nitrogens with one attached hydrogen (secondary N) is 1. The smallest absolute Gasteiger partial charge is 0.338 e. The number of nitrogens with zero attached hydrogens (tertiary/aromatic N) is 2. The molecule has 0 aliphatic carbocycles. The molecule has 3 aromatic rings. The number of hydrogen-bond donors (Lipinski definition) is 1. The minimum Gasteiger partial charge on any atom is -0.462 e. The molecular formula is C21H21Cl2N3O3S. The molecule has 3 rings (SSSR count). The van der Waals surface area contributed by atoms with Gasteiger partial charge in [0.25, 0.3) is 0 Å². The topological polar surface area (TPSA) is 73.2 Å². The van der Waals surface area contributed by atoms with E-state index >= 15 is 0 Å². The number of aryl methyl sites for hydroxylation is 1. The van der Waals surface area contributed by atoms with Crippen molar-refractivity contribution >= 4 is 57.9 Å². The second kappa shape index (κ2) is 10.2. The van der Waals surface area contributed by atoms with Gasteiger partial charge in [-0.3, -0.25) is 4.79 Å². The number of thioether (sulfide) groups is 1. The van der Waals surface area contributed by atoms with Crippen LogP contribution in [0.25, 0.3) is 11.0 Å². The van der Waals surface area contributed by atoms with Gasteiger partial charge in [0.15, 0.2) is 5.16 Å². The van der Waals surface area contributed by atoms with Crippen LogP contribution in [0.1, 0.15) is 29.8 Å². The predicted octanol–water partition coefficient (Wildman–Crippen LogP) is 4.95. The third-order valence-corrected chi connectivity index (χ3v) is 5.93. The predicted molar refractivity (Wildman–Crippen MR) is 120 cm³/mol. The molecule has 0 saturated heterocycles. The van der Waals surface area contributed by atoms with E-state index in [1.54, 1.807) is 37.3 Å². The molecule has 1 heterocycles. The third kappa shape index (κ3) is 5.28. The summed E-state index contributed by atoms with van der Waals surface area (Å²) in [6, 6.07) is 10.5. The Morgan fingerprint density at radius 1 is 1.17 bits per heavy atom. The van der Waals surface area contributed by atoms with Crippen LogP contribution in [-0.4, -0.2) is 33.8 Å². The Bertz CT molecular complexity index is 1080. The molecule has 0 radical (unpaired) electrons. The molecule has 0 saturated carbocycles. The number of carbonyl (C=O) groups excluding carboxylic acids is 2. The number of imidazole rings is 1. The zero-order chi connectivity index (χ0) is 21.7. The molecular weight excluding hydrogens is 445 g/mol. The van der Waals surface area contributed by atoms with Gasteiger partial charge in [-0.1, -0.05) is 41.0 Å². The number of aromatic nitrogens is 2. The molecule has 158 valence electrons. The fraction of sp³-hybridized carbons (Fsp3) is 0.286. The molecule has 6 nitrogen and oxygen atoms in total. The van der Waals surface area contributed by atoms with Crippen molar-refractivity contribution in [3.05, 3.63) is 57.6 Å². The number of carbonyl (C=O) groups is 2. The van der Waals surface area contributed by atoms with Crippen LogP contribution >= 0.6 is 35.0 Å². The lowest BCUT2D eigenvalue weighted by atomic mass is 10.2. The average Bonchev–Trinajstić information content (AvgIpc) is 3.08. The largest absolute Gasteiger partial charge is 0.462 e. The minimum atomic E-state index is -0.375. The minimum absolute atomic E-state index is 0.132. The van der Waals surface area contributed by atoms with E-state index in [2.05, 4.69) is 10.3 Å². The van der Waals surface area contributed by atoms with E-state index in [9.17, 15) is 9.59 Å². The lowest BCUT2D eigenvalue weighted by Crippen LogP contribution is -2.24. The van der Waals surface area contributed by atoms with Crippen LogP contribution in [0.4, 0.5) is 0 Å². The van der Waals surface area contributed by atoms with Gasteiger partial charge in [-0.2, -0.15) is 0 Å². The van der Waals surface area contributed by atoms with Crippen molar-refractivity contribution in [3.63, 3.8) is 0 Å². The first kappa shape index (κ1) is 22.5. The number of rotatable bonds is 8. The fourth-order valence-corrected chi connectivity index (χ4v) is 4.29. The number of fused-ring (bicyclic) bond motifs is 1. The number of esters is 1. The monoisotopic (exact) mass is 465 g/mol. The zero-order valence-electron chi connectivity index (χ0n) is 16.6. The summed E-state index contributed by atoms with van der Waals surface area (Å²) in [5, 5.41) is 4.63. The molecule has 1 aromatic heterocycles. The van der Waals surface area contributed by atoms with Gasteiger partial charge in [-0.25, -0.2) is 9.78 Å². The maximum absolute atomic E-state index is 12.3. The van der Waals surface area contributed by atoms with Gasteiger partial charge in [0.1, 0.15) is 0 Å². The van der Waals surface area contributed by atoms with E-state index < -0.39 is 0 Å². The van der Waals surface area contributed by atoms with Gasteiger partial charge >= 0.3 is 5.97 Å². The molecule has 0 spiro atoms. The highest BCUT2D eigenvalue weighted by atomic mass is 35.5. The van der Waals surface area contributed by atoms with Gasteiger partial charge in [-0.05, 0) is 49.7 Å². The molecule has 0 unspecified atom stereocenters. The molecule has 0 atom stereocenters. The van der Waals surface area contributed by atoms with E-state index in [0.29, 0.717) is 46.0 Å². The SMILES string of the molecule is CCOC(=O)c1ccc2c(c1)nc(SCC(=O)NCc1ccc(Cl)cc1Cl)n2CC. The number of benzene rings is 2. The van der Waals surface area contributed by atoms with Crippen molar-refractivity contribution in [2.45, 2.75) is 32.1 Å². The first-order chi connectivity index (χ1) is 14.4. The Hall–Kier alpha value is -2.22. The molecule has 0 bridgehead atoms. The Balaban J connectivity index is 1.67. The number of hydrogen-bond acceptors (Lipinski definition) is 5. The summed E-state index contributed by atoms with van der Waals surface area (Å²) < 4.78 is 7.06. The molecule has 30 heavy (non-hydrogen) atoms. The second-order valence-electron chi connectivity index (χ2n) is 6.36. The maximum Gasteiger partial charge on any atom is 0.338 e. The van der Waals surface area contributed by atoms with Crippen molar-refractivity contribution in [2.75, 3.05) is 12.4 Å². The van der Waals surface area contributed by atoms with Crippen LogP contribution < -0.4 is 5.32 Å². The van der Waals surface area contributed by atoms with E-state index in [4.69, 9.17) is 27.9 Å². The van der Waals surface area contributed by atoms with Gasteiger partial charge in [-0.15, -0.1) is 0 Å². The third-order valence-electron chi connectivity index (χ3n) is 4.36. The highest BCUT2D eigenvalue weighted by Crippen LogP contribution is 2.25. The standard InChI is InChI=1S/C21H21Cl2N3O3S/c1-3-26-18-8-6-13(20(28)29-4-2)9-17(18)25-21(26)30-12-19(27)24-11-14-5-7-15(22)10-16(14)23/h5-10H,3-4,11-12H2,1-2H3,(H,24,27). The average molecular weight is 466 g/mol. The number of amides is 1. The lowest BCUT2D eigenvalue weighted by Gasteiger charge is -2.08. The van der Waals surface area contributed by atoms with Gasteiger partial charge < -0.3 is 14.6 Å². The van der Waals surface area contributed by atoms with E-state index in [1.165, 1.54) is 11.8 Å². The summed E-state index contributed by atoms with van der Waals surface area (Å²) in [6.07, 6.45) is 0. The van der Waals surface area contributed by atoms with Crippen molar-refractivity contribution in [1.82, 2.24) is 14.9 Å². The Morgan fingerprint density at radius 2 is 1.97 bits per heavy atom. The summed E-state index contributed by atoms with van der Waals surface area (Å²) in [6.45, 7) is 5.11. The highest BCUT2D eigenvalue weighted by Gasteiger charge is 2.15. The van der Waals surface area contributed by atoms with Crippen molar-refractivity contribution in [1.29, 1.82) is 0 Å².